The molecule has 1 heterocycles. The molecule has 46 heavy (non-hydrogen) atoms. The second kappa shape index (κ2) is 15.1. The van der Waals surface area contributed by atoms with Crippen LogP contribution in [-0.4, -0.2) is 61.1 Å². The summed E-state index contributed by atoms with van der Waals surface area (Å²) >= 11 is 0. The van der Waals surface area contributed by atoms with Gasteiger partial charge in [0.25, 0.3) is 5.96 Å². The van der Waals surface area contributed by atoms with Crippen molar-refractivity contribution in [2.45, 2.75) is 110 Å². The van der Waals surface area contributed by atoms with Crippen LogP contribution in [0.5, 0.6) is 5.75 Å². The van der Waals surface area contributed by atoms with Crippen molar-refractivity contribution in [3.8, 4) is 5.75 Å². The highest BCUT2D eigenvalue weighted by atomic mass is 16.7. The molecule has 3 saturated carbocycles. The lowest BCUT2D eigenvalue weighted by molar-refractivity contribution is -0.525. The SMILES string of the molecule is COc1ccc(CCCC(=O)C[C@@H](CCCN=C(N)N[N+](=O)[O-])C(=O)N[C@@H](CC(C)C)B2O[C@@H]3C[C@H]4C[C@H](C4(C)C)[C@]3(C)O2)cc1. The van der Waals surface area contributed by atoms with Gasteiger partial charge in [-0.2, -0.15) is 0 Å². The number of nitro groups is 1. The highest BCUT2D eigenvalue weighted by molar-refractivity contribution is 6.47. The first-order chi connectivity index (χ1) is 21.7. The molecule has 1 amide bonds. The number of hydrazine groups is 1. The molecule has 5 rings (SSSR count). The molecule has 4 N–H and O–H groups in total. The fraction of sp³-hybridized carbons (Fsp3) is 0.727. The van der Waals surface area contributed by atoms with E-state index >= 15 is 0 Å². The molecule has 2 bridgehead atoms. The smallest absolute Gasteiger partial charge is 0.481 e. The van der Waals surface area contributed by atoms with Gasteiger partial charge in [0.05, 0.1) is 24.8 Å². The molecule has 1 aliphatic heterocycles. The van der Waals surface area contributed by atoms with E-state index in [1.807, 2.05) is 29.7 Å². The number of guanidine groups is 1. The Hall–Kier alpha value is -3.19. The minimum Gasteiger partial charge on any atom is -0.497 e. The number of ether oxygens (including phenoxy) is 1. The Morgan fingerprint density at radius 2 is 1.91 bits per heavy atom. The highest BCUT2D eigenvalue weighted by Crippen LogP contribution is 2.65. The third-order valence-corrected chi connectivity index (χ3v) is 10.5. The largest absolute Gasteiger partial charge is 0.497 e. The van der Waals surface area contributed by atoms with Crippen molar-refractivity contribution in [3.63, 3.8) is 0 Å². The topological polar surface area (TPSA) is 167 Å². The summed E-state index contributed by atoms with van der Waals surface area (Å²) in [7, 11) is 1.06. The van der Waals surface area contributed by atoms with Crippen molar-refractivity contribution < 1.29 is 28.7 Å². The second-order valence-corrected chi connectivity index (χ2v) is 14.5. The first-order valence-corrected chi connectivity index (χ1v) is 16.7. The Morgan fingerprint density at radius 3 is 2.54 bits per heavy atom. The van der Waals surface area contributed by atoms with Crippen molar-refractivity contribution in [2.24, 2.45) is 39.8 Å². The normalized spacial score (nSPS) is 26.1. The number of hydrogen-bond donors (Lipinski definition) is 3. The molecular formula is C33H52BN5O7. The Balaban J connectivity index is 1.40. The third-order valence-electron chi connectivity index (χ3n) is 10.5. The quantitative estimate of drug-likeness (QED) is 0.0562. The summed E-state index contributed by atoms with van der Waals surface area (Å²) in [6.07, 6.45) is 5.46. The van der Waals surface area contributed by atoms with Gasteiger partial charge in [-0.25, -0.2) is 15.1 Å². The van der Waals surface area contributed by atoms with Crippen molar-refractivity contribution in [1.29, 1.82) is 0 Å². The van der Waals surface area contributed by atoms with Crippen LogP contribution in [-0.2, 0) is 25.3 Å². The number of Topliss-reactive ketones (excluding diaryl/α,β-unsaturated/α-hetero) is 1. The van der Waals surface area contributed by atoms with Gasteiger partial charge in [0.1, 0.15) is 11.5 Å². The van der Waals surface area contributed by atoms with Gasteiger partial charge < -0.3 is 25.1 Å². The number of nitrogens with one attached hydrogen (secondary N) is 2. The van der Waals surface area contributed by atoms with Gasteiger partial charge in [0, 0.05) is 25.3 Å². The number of hydrogen-bond acceptors (Lipinski definition) is 8. The van der Waals surface area contributed by atoms with E-state index in [4.69, 9.17) is 19.8 Å². The number of methoxy groups -OCH3 is 1. The summed E-state index contributed by atoms with van der Waals surface area (Å²) in [6.45, 7) is 11.2. The zero-order valence-corrected chi connectivity index (χ0v) is 28.3. The molecule has 6 atom stereocenters. The van der Waals surface area contributed by atoms with Gasteiger partial charge >= 0.3 is 7.12 Å². The van der Waals surface area contributed by atoms with Gasteiger partial charge in [0.2, 0.25) is 5.91 Å². The number of nitrogens with two attached hydrogens (primary N) is 1. The van der Waals surface area contributed by atoms with Gasteiger partial charge in [-0.3, -0.25) is 9.59 Å². The van der Waals surface area contributed by atoms with Crippen LogP contribution >= 0.6 is 0 Å². The Labute approximate surface area is 273 Å². The first-order valence-electron chi connectivity index (χ1n) is 16.7. The van der Waals surface area contributed by atoms with E-state index in [-0.39, 0.29) is 54.0 Å². The molecule has 4 fully saturated rings. The van der Waals surface area contributed by atoms with Crippen LogP contribution in [0.4, 0.5) is 0 Å². The van der Waals surface area contributed by atoms with E-state index in [2.05, 4.69) is 44.9 Å². The number of ketones is 1. The van der Waals surface area contributed by atoms with E-state index in [1.165, 1.54) is 0 Å². The van der Waals surface area contributed by atoms with Crippen LogP contribution < -0.4 is 21.2 Å². The first kappa shape index (κ1) is 35.7. The molecule has 3 aliphatic carbocycles. The molecule has 0 aromatic heterocycles. The van der Waals surface area contributed by atoms with E-state index in [1.54, 1.807) is 7.11 Å². The molecule has 0 unspecified atom stereocenters. The number of benzene rings is 1. The molecule has 13 heteroatoms. The predicted octanol–water partition coefficient (Wildman–Crippen LogP) is 4.27. The molecule has 0 radical (unpaired) electrons. The number of nitrogens with zero attached hydrogens (tertiary/aromatic N) is 2. The Bertz CT molecular complexity index is 1260. The van der Waals surface area contributed by atoms with Crippen LogP contribution in [0.25, 0.3) is 0 Å². The number of aryl methyl sites for hydroxylation is 1. The highest BCUT2D eigenvalue weighted by Gasteiger charge is 2.68. The van der Waals surface area contributed by atoms with Crippen molar-refractivity contribution in [3.05, 3.63) is 39.9 Å². The minimum absolute atomic E-state index is 0.0000102. The fourth-order valence-electron chi connectivity index (χ4n) is 7.77. The summed E-state index contributed by atoms with van der Waals surface area (Å²) in [5, 5.41) is 13.1. The lowest BCUT2D eigenvalue weighted by Crippen LogP contribution is -2.65. The summed E-state index contributed by atoms with van der Waals surface area (Å²) < 4.78 is 18.5. The third kappa shape index (κ3) is 8.58. The van der Waals surface area contributed by atoms with Crippen LogP contribution in [0.1, 0.15) is 91.5 Å². The lowest BCUT2D eigenvalue weighted by atomic mass is 9.43. The number of carbonyl (C=O) groups is 2. The minimum atomic E-state index is -0.775. The second-order valence-electron chi connectivity index (χ2n) is 14.5. The van der Waals surface area contributed by atoms with Crippen LogP contribution in [0.15, 0.2) is 29.3 Å². The molecule has 1 aromatic rings. The maximum Gasteiger partial charge on any atom is 0.481 e. The lowest BCUT2D eigenvalue weighted by Gasteiger charge is -2.64. The van der Waals surface area contributed by atoms with Crippen molar-refractivity contribution in [2.75, 3.05) is 13.7 Å². The van der Waals surface area contributed by atoms with Gasteiger partial charge in [-0.1, -0.05) is 45.3 Å². The number of carbonyl (C=O) groups excluding carboxylic acids is 2. The molecule has 1 saturated heterocycles. The van der Waals surface area contributed by atoms with E-state index in [0.717, 1.165) is 30.6 Å². The molecule has 12 nitrogen and oxygen atoms in total. The van der Waals surface area contributed by atoms with Crippen LogP contribution in [0, 0.1) is 39.2 Å². The molecule has 0 spiro atoms. The van der Waals surface area contributed by atoms with Gasteiger partial charge in [0.15, 0.2) is 5.03 Å². The zero-order valence-electron chi connectivity index (χ0n) is 28.3. The van der Waals surface area contributed by atoms with Crippen molar-refractivity contribution in [1.82, 2.24) is 10.7 Å². The summed E-state index contributed by atoms with van der Waals surface area (Å²) in [6, 6.07) is 7.78. The van der Waals surface area contributed by atoms with Gasteiger partial charge in [-0.05, 0) is 92.7 Å². The fourth-order valence-corrected chi connectivity index (χ4v) is 7.77. The number of aliphatic imine (C=N–C) groups is 1. The van der Waals surface area contributed by atoms with E-state index in [0.29, 0.717) is 43.9 Å². The summed E-state index contributed by atoms with van der Waals surface area (Å²) in [5.74, 6) is 0.638. The van der Waals surface area contributed by atoms with Crippen LogP contribution in [0.2, 0.25) is 0 Å². The Kier molecular flexibility index (Phi) is 11.7. The molecular weight excluding hydrogens is 589 g/mol. The molecule has 254 valence electrons. The average Bonchev–Trinajstić information content (AvgIpc) is 3.35. The zero-order chi connectivity index (χ0) is 33.6. The number of amides is 1. The van der Waals surface area contributed by atoms with Gasteiger partial charge in [-0.15, -0.1) is 0 Å². The standard InChI is InChI=1S/C33H52BN5O7/c1-21(2)17-29(34-45-28-20-24-19-27(32(24,3)4)33(28,5)46-34)37-30(41)23(10-8-16-36-31(35)38-39(42)43)18-25(40)11-7-9-22-12-14-26(44-6)15-13-22/h12-15,21,23-24,27-29H,7-11,16-20H2,1-6H3,(H,37,41)(H3,35,36,38)/t23-,24-,27-,28-,29+,33+/m1/s1. The van der Waals surface area contributed by atoms with E-state index < -0.39 is 23.7 Å². The maximum atomic E-state index is 13.9. The molecule has 1 aromatic carbocycles. The summed E-state index contributed by atoms with van der Waals surface area (Å²) in [5.41, 5.74) is 8.31. The maximum absolute atomic E-state index is 13.9. The van der Waals surface area contributed by atoms with Crippen LogP contribution in [0.3, 0.4) is 0 Å². The Morgan fingerprint density at radius 1 is 1.20 bits per heavy atom. The van der Waals surface area contributed by atoms with Crippen molar-refractivity contribution >= 4 is 24.8 Å². The number of rotatable bonds is 17. The van der Waals surface area contributed by atoms with E-state index in [9.17, 15) is 19.7 Å². The predicted molar refractivity (Wildman–Crippen MR) is 176 cm³/mol. The monoisotopic (exact) mass is 641 g/mol. The summed E-state index contributed by atoms with van der Waals surface area (Å²) in [4.78, 5) is 41.6. The average molecular weight is 642 g/mol. The molecule has 4 aliphatic rings.